The van der Waals surface area contributed by atoms with Gasteiger partial charge in [-0.25, -0.2) is 8.78 Å². The van der Waals surface area contributed by atoms with Crippen molar-refractivity contribution in [2.45, 2.75) is 12.6 Å². The van der Waals surface area contributed by atoms with E-state index in [0.717, 1.165) is 23.4 Å². The van der Waals surface area contributed by atoms with Gasteiger partial charge >= 0.3 is 0 Å². The largest absolute Gasteiger partial charge is 0.492 e. The molecular weight excluding hydrogens is 398 g/mol. The van der Waals surface area contributed by atoms with E-state index in [4.69, 9.17) is 4.74 Å². The second kappa shape index (κ2) is 9.71. The highest BCUT2D eigenvalue weighted by atomic mass is 19.1. The first kappa shape index (κ1) is 21.0. The van der Waals surface area contributed by atoms with Gasteiger partial charge in [-0.3, -0.25) is 14.3 Å². The number of rotatable bonds is 7. The van der Waals surface area contributed by atoms with Gasteiger partial charge in [0, 0.05) is 37.6 Å². The number of pyridine rings is 1. The third-order valence-electron chi connectivity index (χ3n) is 5.29. The predicted octanol–water partition coefficient (Wildman–Crippen LogP) is 4.57. The van der Waals surface area contributed by atoms with E-state index in [1.807, 2.05) is 42.5 Å². The molecule has 31 heavy (non-hydrogen) atoms. The summed E-state index contributed by atoms with van der Waals surface area (Å²) in [6, 6.07) is 16.9. The molecule has 1 atom stereocenters. The second-order valence-corrected chi connectivity index (χ2v) is 7.58. The summed E-state index contributed by atoms with van der Waals surface area (Å²) in [6.45, 7) is 2.47. The molecule has 1 fully saturated rings. The third-order valence-corrected chi connectivity index (χ3v) is 5.29. The van der Waals surface area contributed by atoms with Crippen LogP contribution in [0.25, 0.3) is 17.8 Å². The van der Waals surface area contributed by atoms with E-state index in [1.165, 1.54) is 12.1 Å². The summed E-state index contributed by atoms with van der Waals surface area (Å²) in [5.74, 6) is 0.435. The molecule has 2 heterocycles. The monoisotopic (exact) mass is 422 g/mol. The zero-order chi connectivity index (χ0) is 21.6. The molecule has 0 spiro atoms. The maximum atomic E-state index is 13.2. The van der Waals surface area contributed by atoms with Crippen LogP contribution in [0.4, 0.5) is 8.78 Å². The number of nitrogens with zero attached hydrogens (tertiary/aromatic N) is 2. The van der Waals surface area contributed by atoms with Crippen LogP contribution in [0.1, 0.15) is 17.5 Å². The van der Waals surface area contributed by atoms with Crippen molar-refractivity contribution >= 4 is 12.2 Å². The molecule has 0 radical (unpaired) electrons. The normalized spacial score (nSPS) is 16.8. The highest BCUT2D eigenvalue weighted by Gasteiger charge is 2.21. The maximum absolute atomic E-state index is 13.2. The molecule has 1 aliphatic heterocycles. The molecule has 3 aromatic rings. The molecule has 0 amide bonds. The zero-order valence-electron chi connectivity index (χ0n) is 17.1. The molecule has 1 aliphatic rings. The Balaban J connectivity index is 1.36. The quantitative estimate of drug-likeness (QED) is 0.560. The van der Waals surface area contributed by atoms with E-state index in [-0.39, 0.29) is 11.4 Å². The van der Waals surface area contributed by atoms with Gasteiger partial charge in [-0.15, -0.1) is 0 Å². The first-order chi connectivity index (χ1) is 15.1. The summed E-state index contributed by atoms with van der Waals surface area (Å²) in [6.07, 6.45) is 5.26. The Kier molecular flexibility index (Phi) is 6.57. The molecule has 0 bridgehead atoms. The van der Waals surface area contributed by atoms with Crippen LogP contribution in [0.2, 0.25) is 0 Å². The number of aromatic nitrogens is 1. The summed E-state index contributed by atoms with van der Waals surface area (Å²) < 4.78 is 33.5. The van der Waals surface area contributed by atoms with Gasteiger partial charge in [0.2, 0.25) is 0 Å². The van der Waals surface area contributed by atoms with E-state index < -0.39 is 6.17 Å². The molecule has 1 aromatic heterocycles. The average molecular weight is 422 g/mol. The average Bonchev–Trinajstić information content (AvgIpc) is 3.19. The highest BCUT2D eigenvalue weighted by molar-refractivity contribution is 5.69. The number of hydrogen-bond donors (Lipinski definition) is 0. The lowest BCUT2D eigenvalue weighted by Gasteiger charge is -2.15. The van der Waals surface area contributed by atoms with Crippen LogP contribution >= 0.6 is 0 Å². The van der Waals surface area contributed by atoms with Gasteiger partial charge in [0.25, 0.3) is 5.56 Å². The predicted molar refractivity (Wildman–Crippen MR) is 119 cm³/mol. The van der Waals surface area contributed by atoms with Gasteiger partial charge in [-0.1, -0.05) is 24.3 Å². The van der Waals surface area contributed by atoms with Crippen LogP contribution in [0.3, 0.4) is 0 Å². The summed E-state index contributed by atoms with van der Waals surface area (Å²) in [5.41, 5.74) is 2.22. The van der Waals surface area contributed by atoms with Crippen molar-refractivity contribution in [2.75, 3.05) is 26.2 Å². The first-order valence-corrected chi connectivity index (χ1v) is 10.3. The van der Waals surface area contributed by atoms with Crippen molar-refractivity contribution in [3.05, 3.63) is 94.2 Å². The van der Waals surface area contributed by atoms with Gasteiger partial charge in [0.1, 0.15) is 24.3 Å². The fraction of sp³-hybridized carbons (Fsp3) is 0.240. The van der Waals surface area contributed by atoms with Gasteiger partial charge < -0.3 is 4.74 Å². The van der Waals surface area contributed by atoms with E-state index in [1.54, 1.807) is 29.0 Å². The molecular formula is C25H24F2N2O2. The van der Waals surface area contributed by atoms with Crippen LogP contribution in [0.5, 0.6) is 5.75 Å². The minimum Gasteiger partial charge on any atom is -0.492 e. The lowest BCUT2D eigenvalue weighted by Crippen LogP contribution is -2.26. The van der Waals surface area contributed by atoms with Crippen molar-refractivity contribution in [3.63, 3.8) is 0 Å². The summed E-state index contributed by atoms with van der Waals surface area (Å²) >= 11 is 0. The Morgan fingerprint density at radius 3 is 2.42 bits per heavy atom. The van der Waals surface area contributed by atoms with Crippen molar-refractivity contribution in [2.24, 2.45) is 0 Å². The van der Waals surface area contributed by atoms with Gasteiger partial charge in [0.15, 0.2) is 0 Å². The number of alkyl halides is 1. The molecule has 160 valence electrons. The maximum Gasteiger partial charge on any atom is 0.255 e. The van der Waals surface area contributed by atoms with E-state index in [2.05, 4.69) is 4.90 Å². The van der Waals surface area contributed by atoms with Crippen molar-refractivity contribution in [1.29, 1.82) is 0 Å². The molecule has 0 aliphatic carbocycles. The molecule has 2 aromatic carbocycles. The lowest BCUT2D eigenvalue weighted by molar-refractivity contribution is 0.224. The molecule has 0 unspecified atom stereocenters. The van der Waals surface area contributed by atoms with Crippen LogP contribution < -0.4 is 10.3 Å². The molecule has 0 N–H and O–H groups in total. The molecule has 4 nitrogen and oxygen atoms in total. The van der Waals surface area contributed by atoms with E-state index in [9.17, 15) is 13.6 Å². The van der Waals surface area contributed by atoms with Crippen molar-refractivity contribution < 1.29 is 13.5 Å². The van der Waals surface area contributed by atoms with E-state index in [0.29, 0.717) is 31.9 Å². The zero-order valence-corrected chi connectivity index (χ0v) is 17.1. The number of ether oxygens (including phenoxy) is 1. The van der Waals surface area contributed by atoms with Crippen molar-refractivity contribution in [3.8, 4) is 11.4 Å². The number of halogens is 2. The van der Waals surface area contributed by atoms with E-state index >= 15 is 0 Å². The number of hydrogen-bond acceptors (Lipinski definition) is 3. The molecule has 0 saturated carbocycles. The Hall–Kier alpha value is -3.25. The highest BCUT2D eigenvalue weighted by Crippen LogP contribution is 2.16. The van der Waals surface area contributed by atoms with Gasteiger partial charge in [-0.2, -0.15) is 0 Å². The van der Waals surface area contributed by atoms with Gasteiger partial charge in [-0.05, 0) is 60.0 Å². The lowest BCUT2D eigenvalue weighted by atomic mass is 10.1. The van der Waals surface area contributed by atoms with Crippen molar-refractivity contribution in [1.82, 2.24) is 9.47 Å². The topological polar surface area (TPSA) is 34.5 Å². The fourth-order valence-electron chi connectivity index (χ4n) is 3.56. The molecule has 4 rings (SSSR count). The van der Waals surface area contributed by atoms with Crippen LogP contribution in [0.15, 0.2) is 71.7 Å². The summed E-state index contributed by atoms with van der Waals surface area (Å²) in [4.78, 5) is 14.6. The standard InChI is InChI=1S/C25H24F2N2O2/c26-21-5-3-19(4-6-21)1-2-20-11-14-29(25(30)17-20)23-7-9-24(10-8-23)31-16-15-28-13-12-22(27)18-28/h1-11,14,17,22H,12-13,15-16,18H2/t22-/m1/s1. The number of likely N-dealkylation sites (tertiary alicyclic amines) is 1. The van der Waals surface area contributed by atoms with Crippen LogP contribution in [0, 0.1) is 5.82 Å². The summed E-state index contributed by atoms with van der Waals surface area (Å²) in [5, 5.41) is 0. The fourth-order valence-corrected chi connectivity index (χ4v) is 3.56. The van der Waals surface area contributed by atoms with Gasteiger partial charge in [0.05, 0.1) is 0 Å². The first-order valence-electron chi connectivity index (χ1n) is 10.3. The summed E-state index contributed by atoms with van der Waals surface area (Å²) in [7, 11) is 0. The third kappa shape index (κ3) is 5.67. The number of benzene rings is 2. The Bertz CT molecular complexity index is 1090. The second-order valence-electron chi connectivity index (χ2n) is 7.58. The molecule has 1 saturated heterocycles. The molecule has 6 heteroatoms. The smallest absolute Gasteiger partial charge is 0.255 e. The minimum absolute atomic E-state index is 0.148. The Morgan fingerprint density at radius 2 is 1.74 bits per heavy atom. The minimum atomic E-state index is -0.720. The van der Waals surface area contributed by atoms with Crippen LogP contribution in [-0.4, -0.2) is 41.9 Å². The SMILES string of the molecule is O=c1cc(C=Cc2ccc(F)cc2)ccn1-c1ccc(OCCN2CC[C@@H](F)C2)cc1. The Morgan fingerprint density at radius 1 is 1.00 bits per heavy atom. The van der Waals surface area contributed by atoms with Crippen LogP contribution in [-0.2, 0) is 0 Å². The Labute approximate surface area is 180 Å².